The van der Waals surface area contributed by atoms with E-state index in [1.807, 2.05) is 0 Å². The van der Waals surface area contributed by atoms with Gasteiger partial charge in [-0.25, -0.2) is 0 Å². The Hall–Kier alpha value is -0.570. The third kappa shape index (κ3) is 2.99. The Morgan fingerprint density at radius 1 is 1.31 bits per heavy atom. The van der Waals surface area contributed by atoms with Crippen molar-refractivity contribution in [2.24, 2.45) is 5.92 Å². The Bertz CT molecular complexity index is 215. The van der Waals surface area contributed by atoms with Gasteiger partial charge in [0.25, 0.3) is 0 Å². The molecule has 4 heteroatoms. The fourth-order valence-corrected chi connectivity index (χ4v) is 1.96. The van der Waals surface area contributed by atoms with Gasteiger partial charge >= 0.3 is 5.97 Å². The average molecular weight is 205 g/mol. The van der Waals surface area contributed by atoms with E-state index in [4.69, 9.17) is 16.3 Å². The molecule has 2 atom stereocenters. The summed E-state index contributed by atoms with van der Waals surface area (Å²) >= 11 is 5.40. The van der Waals surface area contributed by atoms with E-state index >= 15 is 0 Å². The summed E-state index contributed by atoms with van der Waals surface area (Å²) in [5, 5.41) is -0.383. The Balaban J connectivity index is 2.56. The van der Waals surface area contributed by atoms with E-state index in [1.165, 1.54) is 6.92 Å². The van der Waals surface area contributed by atoms with Crippen LogP contribution in [0.15, 0.2) is 0 Å². The van der Waals surface area contributed by atoms with Gasteiger partial charge in [-0.2, -0.15) is 0 Å². The molecule has 3 nitrogen and oxygen atoms in total. The lowest BCUT2D eigenvalue weighted by atomic mass is 9.87. The summed E-state index contributed by atoms with van der Waals surface area (Å²) in [5.74, 6) is -0.630. The van der Waals surface area contributed by atoms with Crippen molar-refractivity contribution >= 4 is 22.8 Å². The average Bonchev–Trinajstić information content (AvgIpc) is 2.03. The van der Waals surface area contributed by atoms with Gasteiger partial charge in [0.2, 0.25) is 5.24 Å². The third-order valence-corrected chi connectivity index (χ3v) is 2.59. The highest BCUT2D eigenvalue weighted by molar-refractivity contribution is 6.64. The van der Waals surface area contributed by atoms with Crippen LogP contribution >= 0.6 is 11.6 Å². The first kappa shape index (κ1) is 10.5. The Morgan fingerprint density at radius 3 is 2.46 bits per heavy atom. The fourth-order valence-electron chi connectivity index (χ4n) is 1.71. The lowest BCUT2D eigenvalue weighted by Crippen LogP contribution is -2.32. The van der Waals surface area contributed by atoms with Crippen LogP contribution in [0, 0.1) is 5.92 Å². The first-order valence-corrected chi connectivity index (χ1v) is 4.85. The quantitative estimate of drug-likeness (QED) is 0.510. The van der Waals surface area contributed by atoms with Gasteiger partial charge in [-0.3, -0.25) is 9.59 Å². The molecule has 0 amide bonds. The van der Waals surface area contributed by atoms with Crippen LogP contribution < -0.4 is 0 Å². The molecule has 1 saturated carbocycles. The summed E-state index contributed by atoms with van der Waals surface area (Å²) in [6.45, 7) is 1.35. The molecule has 13 heavy (non-hydrogen) atoms. The van der Waals surface area contributed by atoms with E-state index in [1.54, 1.807) is 0 Å². The molecule has 74 valence electrons. The minimum absolute atomic E-state index is 0.292. The molecule has 1 rings (SSSR count). The summed E-state index contributed by atoms with van der Waals surface area (Å²) < 4.78 is 5.02. The predicted octanol–water partition coefficient (Wildman–Crippen LogP) is 1.87. The Morgan fingerprint density at radius 2 is 1.92 bits per heavy atom. The second kappa shape index (κ2) is 4.61. The van der Waals surface area contributed by atoms with E-state index in [-0.39, 0.29) is 23.2 Å². The monoisotopic (exact) mass is 204 g/mol. The second-order valence-corrected chi connectivity index (χ2v) is 3.72. The lowest BCUT2D eigenvalue weighted by Gasteiger charge is -2.27. The van der Waals surface area contributed by atoms with Crippen molar-refractivity contribution < 1.29 is 14.3 Å². The zero-order valence-corrected chi connectivity index (χ0v) is 8.34. The zero-order valence-electron chi connectivity index (χ0n) is 7.59. The largest absolute Gasteiger partial charge is 0.462 e. The van der Waals surface area contributed by atoms with Gasteiger partial charge < -0.3 is 4.74 Å². The maximum absolute atomic E-state index is 11.0. The number of halogens is 1. The number of esters is 1. The van der Waals surface area contributed by atoms with Crippen molar-refractivity contribution in [2.75, 3.05) is 0 Å². The molecule has 0 radical (unpaired) electrons. The maximum atomic E-state index is 11.0. The standard InChI is InChI=1S/C9H13ClO3/c1-6(11)13-8-5-3-2-4-7(8)9(10)12/h7-8H,2-5H2,1H3/t7-,8+/m0/s1. The zero-order chi connectivity index (χ0) is 9.84. The number of hydrogen-bond acceptors (Lipinski definition) is 3. The van der Waals surface area contributed by atoms with E-state index in [0.717, 1.165) is 25.7 Å². The van der Waals surface area contributed by atoms with Crippen molar-refractivity contribution in [1.82, 2.24) is 0 Å². The summed E-state index contributed by atoms with van der Waals surface area (Å²) in [6, 6.07) is 0. The van der Waals surface area contributed by atoms with E-state index < -0.39 is 0 Å². The molecule has 0 aromatic rings. The third-order valence-electron chi connectivity index (χ3n) is 2.31. The first-order valence-electron chi connectivity index (χ1n) is 4.48. The van der Waals surface area contributed by atoms with Crippen molar-refractivity contribution in [3.8, 4) is 0 Å². The van der Waals surface area contributed by atoms with Gasteiger partial charge in [0.05, 0.1) is 5.92 Å². The van der Waals surface area contributed by atoms with Gasteiger partial charge in [0, 0.05) is 6.92 Å². The highest BCUT2D eigenvalue weighted by Crippen LogP contribution is 2.28. The van der Waals surface area contributed by atoms with Crippen LogP contribution in [0.25, 0.3) is 0 Å². The molecule has 1 aliphatic rings. The SMILES string of the molecule is CC(=O)O[C@@H]1CCCC[C@@H]1C(=O)Cl. The van der Waals surface area contributed by atoms with Crippen molar-refractivity contribution in [3.05, 3.63) is 0 Å². The molecule has 0 aromatic heterocycles. The first-order chi connectivity index (χ1) is 6.11. The molecule has 0 spiro atoms. The molecule has 0 aromatic carbocycles. The van der Waals surface area contributed by atoms with Crippen molar-refractivity contribution in [1.29, 1.82) is 0 Å². The fraction of sp³-hybridized carbons (Fsp3) is 0.778. The maximum Gasteiger partial charge on any atom is 0.302 e. The molecular formula is C9H13ClO3. The number of carbonyl (C=O) groups is 2. The summed E-state index contributed by atoms with van der Waals surface area (Å²) in [4.78, 5) is 21.7. The molecule has 0 heterocycles. The number of carbonyl (C=O) groups excluding carboxylic acids is 2. The van der Waals surface area contributed by atoms with E-state index in [2.05, 4.69) is 0 Å². The van der Waals surface area contributed by atoms with Crippen LogP contribution in [0.5, 0.6) is 0 Å². The minimum atomic E-state index is -0.383. The lowest BCUT2D eigenvalue weighted by molar-refractivity contribution is -0.151. The van der Waals surface area contributed by atoms with Gasteiger partial charge in [-0.15, -0.1) is 0 Å². The van der Waals surface area contributed by atoms with Crippen LogP contribution in [-0.4, -0.2) is 17.3 Å². The predicted molar refractivity (Wildman–Crippen MR) is 48.4 cm³/mol. The molecule has 0 aliphatic heterocycles. The Kier molecular flexibility index (Phi) is 3.72. The van der Waals surface area contributed by atoms with Crippen molar-refractivity contribution in [2.45, 2.75) is 38.7 Å². The van der Waals surface area contributed by atoms with Crippen LogP contribution in [0.4, 0.5) is 0 Å². The van der Waals surface area contributed by atoms with Gasteiger partial charge in [-0.05, 0) is 30.9 Å². The number of ether oxygens (including phenoxy) is 1. The van der Waals surface area contributed by atoms with Gasteiger partial charge in [0.1, 0.15) is 6.10 Å². The Labute approximate surface area is 82.4 Å². The van der Waals surface area contributed by atoms with Gasteiger partial charge in [-0.1, -0.05) is 6.42 Å². The molecular weight excluding hydrogens is 192 g/mol. The van der Waals surface area contributed by atoms with Crippen LogP contribution in [0.2, 0.25) is 0 Å². The molecule has 0 saturated heterocycles. The topological polar surface area (TPSA) is 43.4 Å². The van der Waals surface area contributed by atoms with E-state index in [9.17, 15) is 9.59 Å². The highest BCUT2D eigenvalue weighted by Gasteiger charge is 2.31. The summed E-state index contributed by atoms with van der Waals surface area (Å²) in [7, 11) is 0. The normalized spacial score (nSPS) is 28.2. The number of rotatable bonds is 2. The van der Waals surface area contributed by atoms with Crippen LogP contribution in [-0.2, 0) is 14.3 Å². The smallest absolute Gasteiger partial charge is 0.302 e. The van der Waals surface area contributed by atoms with Gasteiger partial charge in [0.15, 0.2) is 0 Å². The van der Waals surface area contributed by atoms with Crippen LogP contribution in [0.1, 0.15) is 32.6 Å². The summed E-state index contributed by atoms with van der Waals surface area (Å²) in [5.41, 5.74) is 0. The molecule has 1 fully saturated rings. The van der Waals surface area contributed by atoms with Crippen molar-refractivity contribution in [3.63, 3.8) is 0 Å². The molecule has 0 N–H and O–H groups in total. The molecule has 0 bridgehead atoms. The minimum Gasteiger partial charge on any atom is -0.462 e. The highest BCUT2D eigenvalue weighted by atomic mass is 35.5. The number of hydrogen-bond donors (Lipinski definition) is 0. The second-order valence-electron chi connectivity index (χ2n) is 3.34. The molecule has 0 unspecified atom stereocenters. The summed E-state index contributed by atoms with van der Waals surface area (Å²) in [6.07, 6.45) is 3.18. The van der Waals surface area contributed by atoms with Crippen LogP contribution in [0.3, 0.4) is 0 Å². The van der Waals surface area contributed by atoms with E-state index in [0.29, 0.717) is 0 Å². The molecule has 1 aliphatic carbocycles.